The summed E-state index contributed by atoms with van der Waals surface area (Å²) in [5.41, 5.74) is 13.2. The third-order valence-corrected chi connectivity index (χ3v) is 12.3. The van der Waals surface area contributed by atoms with Crippen LogP contribution >= 0.6 is 0 Å². The van der Waals surface area contributed by atoms with Crippen molar-refractivity contribution in [3.63, 3.8) is 0 Å². The van der Waals surface area contributed by atoms with Crippen molar-refractivity contribution in [3.8, 4) is 16.8 Å². The van der Waals surface area contributed by atoms with Gasteiger partial charge in [-0.2, -0.15) is 0 Å². The Morgan fingerprint density at radius 2 is 1.14 bits per heavy atom. The minimum atomic E-state index is -0.858. The number of hydrogen-bond acceptors (Lipinski definition) is 2. The first-order chi connectivity index (χ1) is 29.2. The molecule has 0 bridgehead atoms. The summed E-state index contributed by atoms with van der Waals surface area (Å²) in [5, 5.41) is 4.43. The van der Waals surface area contributed by atoms with Gasteiger partial charge in [-0.1, -0.05) is 146 Å². The SMILES string of the molecule is Fc1cccc(C2(c3ccccc3)c3ccccc3-c3c2cc(N(c2ccccc2)c2ccc4c5ccccc5n(-c5ccccc5)c4c2)c2c3oc3ccccc32)c1. The van der Waals surface area contributed by atoms with Crippen LogP contribution in [0.1, 0.15) is 22.3 Å². The summed E-state index contributed by atoms with van der Waals surface area (Å²) in [7, 11) is 0. The molecule has 3 nitrogen and oxygen atoms in total. The fourth-order valence-electron chi connectivity index (χ4n) is 9.95. The topological polar surface area (TPSA) is 21.3 Å². The number of benzene rings is 9. The van der Waals surface area contributed by atoms with Gasteiger partial charge in [0.25, 0.3) is 0 Å². The molecule has 0 saturated carbocycles. The number of rotatable bonds is 6. The quantitative estimate of drug-likeness (QED) is 0.168. The normalized spacial score (nSPS) is 14.6. The largest absolute Gasteiger partial charge is 0.455 e. The van der Waals surface area contributed by atoms with Gasteiger partial charge < -0.3 is 13.9 Å². The van der Waals surface area contributed by atoms with E-state index >= 15 is 4.39 Å². The van der Waals surface area contributed by atoms with E-state index in [0.717, 1.165) is 89.1 Å². The molecule has 2 aromatic heterocycles. The maximum atomic E-state index is 15.6. The van der Waals surface area contributed by atoms with E-state index in [4.69, 9.17) is 4.42 Å². The Morgan fingerprint density at radius 3 is 1.95 bits per heavy atom. The van der Waals surface area contributed by atoms with Gasteiger partial charge in [0.2, 0.25) is 0 Å². The molecule has 0 N–H and O–H groups in total. The van der Waals surface area contributed by atoms with Crippen molar-refractivity contribution in [2.75, 3.05) is 4.90 Å². The van der Waals surface area contributed by atoms with E-state index in [1.54, 1.807) is 6.07 Å². The molecule has 12 rings (SSSR count). The molecule has 0 saturated heterocycles. The number of nitrogens with zero attached hydrogens (tertiary/aromatic N) is 2. The lowest BCUT2D eigenvalue weighted by Gasteiger charge is -2.35. The van der Waals surface area contributed by atoms with Crippen molar-refractivity contribution in [2.45, 2.75) is 5.41 Å². The fraction of sp³-hybridized carbons (Fsp3) is 0.0182. The molecule has 4 heteroatoms. The van der Waals surface area contributed by atoms with Crippen LogP contribution in [0.2, 0.25) is 0 Å². The highest BCUT2D eigenvalue weighted by molar-refractivity contribution is 6.19. The minimum Gasteiger partial charge on any atom is -0.455 e. The molecule has 0 spiro atoms. The highest BCUT2D eigenvalue weighted by Gasteiger charge is 2.48. The zero-order valence-electron chi connectivity index (χ0n) is 31.9. The minimum absolute atomic E-state index is 0.276. The van der Waals surface area contributed by atoms with E-state index < -0.39 is 5.41 Å². The predicted octanol–water partition coefficient (Wildman–Crippen LogP) is 14.7. The maximum Gasteiger partial charge on any atom is 0.145 e. The van der Waals surface area contributed by atoms with Crippen LogP contribution in [0.3, 0.4) is 0 Å². The van der Waals surface area contributed by atoms with Crippen LogP contribution < -0.4 is 4.90 Å². The summed E-state index contributed by atoms with van der Waals surface area (Å²) >= 11 is 0. The van der Waals surface area contributed by atoms with Gasteiger partial charge in [0.15, 0.2) is 0 Å². The van der Waals surface area contributed by atoms with Crippen LogP contribution in [0.15, 0.2) is 217 Å². The van der Waals surface area contributed by atoms with Gasteiger partial charge in [-0.05, 0) is 94.5 Å². The molecule has 1 unspecified atom stereocenters. The van der Waals surface area contributed by atoms with Gasteiger partial charge in [-0.15, -0.1) is 0 Å². The van der Waals surface area contributed by atoms with Crippen LogP contribution in [-0.2, 0) is 5.41 Å². The highest BCUT2D eigenvalue weighted by Crippen LogP contribution is 2.61. The Hall–Kier alpha value is -7.69. The van der Waals surface area contributed by atoms with E-state index in [1.807, 2.05) is 18.2 Å². The third-order valence-electron chi connectivity index (χ3n) is 12.3. The first kappa shape index (κ1) is 33.4. The molecule has 1 aliphatic rings. The summed E-state index contributed by atoms with van der Waals surface area (Å²) in [6, 6.07) is 73.6. The van der Waals surface area contributed by atoms with Gasteiger partial charge in [0.1, 0.15) is 17.0 Å². The highest BCUT2D eigenvalue weighted by atomic mass is 19.1. The standard InChI is InChI=1S/C55H35FN2O/c56-38-20-16-19-37(33-38)55(36-17-4-1-5-18-36)46-28-13-10-26-44(46)52-47(55)35-50(53-45-27-12-15-30-51(45)59-54(52)53)57(39-21-6-2-7-22-39)41-31-32-43-42-25-11-14-29-48(42)58(49(43)34-41)40-23-8-3-9-24-40/h1-35H. The van der Waals surface area contributed by atoms with E-state index in [-0.39, 0.29) is 5.82 Å². The zero-order chi connectivity index (χ0) is 39.1. The molecule has 9 aromatic carbocycles. The Labute approximate surface area is 340 Å². The zero-order valence-corrected chi connectivity index (χ0v) is 31.9. The van der Waals surface area contributed by atoms with E-state index in [2.05, 4.69) is 191 Å². The first-order valence-electron chi connectivity index (χ1n) is 20.0. The van der Waals surface area contributed by atoms with Crippen molar-refractivity contribution < 1.29 is 8.81 Å². The smallest absolute Gasteiger partial charge is 0.145 e. The van der Waals surface area contributed by atoms with Gasteiger partial charge >= 0.3 is 0 Å². The second-order valence-corrected chi connectivity index (χ2v) is 15.4. The van der Waals surface area contributed by atoms with Gasteiger partial charge in [0.05, 0.1) is 27.5 Å². The summed E-state index contributed by atoms with van der Waals surface area (Å²) < 4.78 is 25.1. The maximum absolute atomic E-state index is 15.6. The molecular weight excluding hydrogens is 724 g/mol. The monoisotopic (exact) mass is 758 g/mol. The Bertz CT molecular complexity index is 3410. The number of aromatic nitrogens is 1. The van der Waals surface area contributed by atoms with Crippen molar-refractivity contribution in [1.82, 2.24) is 4.57 Å². The molecule has 0 aliphatic heterocycles. The summed E-state index contributed by atoms with van der Waals surface area (Å²) in [6.07, 6.45) is 0. The number of hydrogen-bond donors (Lipinski definition) is 0. The van der Waals surface area contributed by atoms with Gasteiger partial charge in [-0.3, -0.25) is 0 Å². The van der Waals surface area contributed by atoms with Crippen LogP contribution in [-0.4, -0.2) is 4.57 Å². The molecule has 1 atom stereocenters. The lowest BCUT2D eigenvalue weighted by molar-refractivity contribution is 0.620. The van der Waals surface area contributed by atoms with Crippen LogP contribution in [0, 0.1) is 5.82 Å². The summed E-state index contributed by atoms with van der Waals surface area (Å²) in [5.74, 6) is -0.276. The van der Waals surface area contributed by atoms with Crippen molar-refractivity contribution in [3.05, 3.63) is 240 Å². The number of halogens is 1. The van der Waals surface area contributed by atoms with Crippen LogP contribution in [0.5, 0.6) is 0 Å². The Balaban J connectivity index is 1.24. The summed E-state index contributed by atoms with van der Waals surface area (Å²) in [4.78, 5) is 2.38. The number of furan rings is 1. The second-order valence-electron chi connectivity index (χ2n) is 15.4. The van der Waals surface area contributed by atoms with Crippen molar-refractivity contribution >= 4 is 60.8 Å². The molecular formula is C55H35FN2O. The Morgan fingerprint density at radius 1 is 0.475 bits per heavy atom. The van der Waals surface area contributed by atoms with Crippen LogP contribution in [0.25, 0.3) is 60.6 Å². The van der Waals surface area contributed by atoms with Crippen LogP contribution in [0.4, 0.5) is 21.5 Å². The second kappa shape index (κ2) is 12.9. The average molecular weight is 759 g/mol. The lowest BCUT2D eigenvalue weighted by Crippen LogP contribution is -2.29. The number of anilines is 3. The number of para-hydroxylation sites is 4. The first-order valence-corrected chi connectivity index (χ1v) is 20.0. The van der Waals surface area contributed by atoms with Gasteiger partial charge in [0, 0.05) is 38.8 Å². The molecule has 1 aliphatic carbocycles. The van der Waals surface area contributed by atoms with Crippen molar-refractivity contribution in [1.29, 1.82) is 0 Å². The van der Waals surface area contributed by atoms with E-state index in [9.17, 15) is 0 Å². The lowest BCUT2D eigenvalue weighted by atomic mass is 9.67. The van der Waals surface area contributed by atoms with Gasteiger partial charge in [-0.25, -0.2) is 4.39 Å². The van der Waals surface area contributed by atoms with E-state index in [1.165, 1.54) is 16.8 Å². The molecule has 11 aromatic rings. The van der Waals surface area contributed by atoms with Crippen molar-refractivity contribution in [2.24, 2.45) is 0 Å². The molecule has 0 amide bonds. The van der Waals surface area contributed by atoms with E-state index in [0.29, 0.717) is 0 Å². The molecule has 2 heterocycles. The Kier molecular flexibility index (Phi) is 7.32. The number of fused-ring (bicyclic) bond motifs is 10. The summed E-state index contributed by atoms with van der Waals surface area (Å²) in [6.45, 7) is 0. The molecule has 278 valence electrons. The third kappa shape index (κ3) is 4.81. The molecule has 0 fully saturated rings. The molecule has 59 heavy (non-hydrogen) atoms. The average Bonchev–Trinajstić information content (AvgIpc) is 3.94. The molecule has 0 radical (unpaired) electrons. The predicted molar refractivity (Wildman–Crippen MR) is 240 cm³/mol. The fourth-order valence-corrected chi connectivity index (χ4v) is 9.95.